The second-order valence-corrected chi connectivity index (χ2v) is 13.3. The van der Waals surface area contributed by atoms with E-state index >= 15 is 0 Å². The van der Waals surface area contributed by atoms with E-state index in [4.69, 9.17) is 15.0 Å². The molecule has 0 aliphatic carbocycles. The van der Waals surface area contributed by atoms with Crippen LogP contribution in [0.4, 0.5) is 0 Å². The van der Waals surface area contributed by atoms with Gasteiger partial charge in [0.2, 0.25) is 0 Å². The quantitative estimate of drug-likeness (QED) is 0.159. The lowest BCUT2D eigenvalue weighted by Gasteiger charge is -2.11. The molecule has 9 aromatic rings. The molecule has 0 aliphatic heterocycles. The maximum Gasteiger partial charge on any atom is 0.164 e. The highest BCUT2D eigenvalue weighted by Gasteiger charge is 2.14. The monoisotopic (exact) mass is 689 g/mol. The van der Waals surface area contributed by atoms with Gasteiger partial charge in [-0.25, -0.2) is 15.0 Å². The number of nitrogens with zero attached hydrogens (tertiary/aromatic N) is 3. The van der Waals surface area contributed by atoms with Crippen molar-refractivity contribution in [2.75, 3.05) is 0 Å². The first kappa shape index (κ1) is 32.7. The summed E-state index contributed by atoms with van der Waals surface area (Å²) in [7, 11) is 0. The summed E-state index contributed by atoms with van der Waals surface area (Å²) in [4.78, 5) is 15.2. The topological polar surface area (TPSA) is 38.7 Å². The molecular formula is C51H35N3. The summed E-state index contributed by atoms with van der Waals surface area (Å²) in [6.45, 7) is 0. The predicted octanol–water partition coefficient (Wildman–Crippen LogP) is 13.2. The molecule has 0 amide bonds. The van der Waals surface area contributed by atoms with Crippen molar-refractivity contribution in [3.63, 3.8) is 0 Å². The minimum Gasteiger partial charge on any atom is -0.208 e. The maximum absolute atomic E-state index is 5.10. The lowest BCUT2D eigenvalue weighted by atomic mass is 9.98. The van der Waals surface area contributed by atoms with Crippen LogP contribution >= 0.6 is 0 Å². The highest BCUT2D eigenvalue weighted by atomic mass is 15.0. The van der Waals surface area contributed by atoms with E-state index in [1.807, 2.05) is 18.2 Å². The fourth-order valence-corrected chi connectivity index (χ4v) is 6.87. The molecule has 0 saturated carbocycles. The number of hydrogen-bond donors (Lipinski definition) is 0. The maximum atomic E-state index is 5.10. The van der Waals surface area contributed by atoms with Crippen molar-refractivity contribution >= 4 is 0 Å². The average molecular weight is 690 g/mol. The van der Waals surface area contributed by atoms with Crippen LogP contribution in [0, 0.1) is 0 Å². The Balaban J connectivity index is 1.10. The molecule has 0 spiro atoms. The van der Waals surface area contributed by atoms with E-state index in [0.29, 0.717) is 17.5 Å². The van der Waals surface area contributed by atoms with Gasteiger partial charge in [0.25, 0.3) is 0 Å². The highest BCUT2D eigenvalue weighted by Crippen LogP contribution is 2.33. The molecular weight excluding hydrogens is 655 g/mol. The van der Waals surface area contributed by atoms with Crippen molar-refractivity contribution < 1.29 is 0 Å². The summed E-state index contributed by atoms with van der Waals surface area (Å²) in [6, 6.07) is 74.2. The van der Waals surface area contributed by atoms with Crippen molar-refractivity contribution in [3.8, 4) is 89.8 Å². The third kappa shape index (κ3) is 6.99. The molecule has 0 saturated heterocycles. The SMILES string of the molecule is c1ccc(-c2ccc(-c3nc(-c4ccc(-c5cccc(-c6ccccc6)c5)cc4)nc(-c4cccc(-c5cccc(-c6ccccc6)c5)c4)n3)cc2)cc1. The second kappa shape index (κ2) is 14.8. The Morgan fingerprint density at radius 1 is 0.167 bits per heavy atom. The van der Waals surface area contributed by atoms with Crippen molar-refractivity contribution in [2.24, 2.45) is 0 Å². The zero-order chi connectivity index (χ0) is 36.1. The Bertz CT molecular complexity index is 2670. The molecule has 3 nitrogen and oxygen atoms in total. The molecule has 54 heavy (non-hydrogen) atoms. The van der Waals surface area contributed by atoms with Gasteiger partial charge in [0.15, 0.2) is 17.5 Å². The Morgan fingerprint density at radius 2 is 0.389 bits per heavy atom. The van der Waals surface area contributed by atoms with Crippen LogP contribution in [0.3, 0.4) is 0 Å². The van der Waals surface area contributed by atoms with Crippen LogP contribution < -0.4 is 0 Å². The molecule has 1 aromatic heterocycles. The molecule has 0 aliphatic rings. The van der Waals surface area contributed by atoms with Crippen molar-refractivity contribution in [2.45, 2.75) is 0 Å². The van der Waals surface area contributed by atoms with Gasteiger partial charge in [-0.15, -0.1) is 0 Å². The van der Waals surface area contributed by atoms with Crippen LogP contribution in [-0.2, 0) is 0 Å². The minimum atomic E-state index is 0.628. The van der Waals surface area contributed by atoms with Crippen LogP contribution in [0.2, 0.25) is 0 Å². The first-order valence-electron chi connectivity index (χ1n) is 18.2. The Labute approximate surface area is 316 Å². The van der Waals surface area contributed by atoms with Gasteiger partial charge < -0.3 is 0 Å². The number of benzene rings is 8. The van der Waals surface area contributed by atoms with E-state index in [0.717, 1.165) is 44.5 Å². The third-order valence-electron chi connectivity index (χ3n) is 9.76. The fraction of sp³-hybridized carbons (Fsp3) is 0. The van der Waals surface area contributed by atoms with Gasteiger partial charge in [0.1, 0.15) is 0 Å². The molecule has 1 heterocycles. The van der Waals surface area contributed by atoms with Gasteiger partial charge in [-0.05, 0) is 73.8 Å². The van der Waals surface area contributed by atoms with Gasteiger partial charge in [0.05, 0.1) is 0 Å². The molecule has 9 rings (SSSR count). The Morgan fingerprint density at radius 3 is 0.778 bits per heavy atom. The minimum absolute atomic E-state index is 0.628. The summed E-state index contributed by atoms with van der Waals surface area (Å²) < 4.78 is 0. The first-order valence-corrected chi connectivity index (χ1v) is 18.2. The summed E-state index contributed by atoms with van der Waals surface area (Å²) in [5.41, 5.74) is 14.4. The van der Waals surface area contributed by atoms with Gasteiger partial charge >= 0.3 is 0 Å². The zero-order valence-corrected chi connectivity index (χ0v) is 29.5. The molecule has 254 valence electrons. The number of hydrogen-bond acceptors (Lipinski definition) is 3. The van der Waals surface area contributed by atoms with Gasteiger partial charge in [-0.3, -0.25) is 0 Å². The lowest BCUT2D eigenvalue weighted by Crippen LogP contribution is -2.00. The van der Waals surface area contributed by atoms with Crippen molar-refractivity contribution in [3.05, 3.63) is 212 Å². The molecule has 0 N–H and O–H groups in total. The van der Waals surface area contributed by atoms with E-state index < -0.39 is 0 Å². The summed E-state index contributed by atoms with van der Waals surface area (Å²) in [6.07, 6.45) is 0. The zero-order valence-electron chi connectivity index (χ0n) is 29.5. The second-order valence-electron chi connectivity index (χ2n) is 13.3. The van der Waals surface area contributed by atoms with E-state index in [1.165, 1.54) is 27.8 Å². The lowest BCUT2D eigenvalue weighted by molar-refractivity contribution is 1.07. The Kier molecular flexibility index (Phi) is 8.94. The molecule has 0 atom stereocenters. The standard InChI is InChI=1S/C51H35N3/c1-4-13-36(14-5-1)39-25-29-41(30-26-39)49-52-50(42-31-27-40(28-32-42)45-21-10-19-43(33-45)37-15-6-2-7-16-37)54-51(53-49)48-24-12-23-47(35-48)46-22-11-20-44(34-46)38-17-8-3-9-18-38/h1-35H. The molecule has 0 radical (unpaired) electrons. The van der Waals surface area contributed by atoms with Crippen LogP contribution in [0.1, 0.15) is 0 Å². The van der Waals surface area contributed by atoms with Crippen LogP contribution in [-0.4, -0.2) is 15.0 Å². The first-order chi connectivity index (χ1) is 26.7. The number of rotatable bonds is 8. The third-order valence-corrected chi connectivity index (χ3v) is 9.76. The molecule has 8 aromatic carbocycles. The summed E-state index contributed by atoms with van der Waals surface area (Å²) in [5, 5.41) is 0. The largest absolute Gasteiger partial charge is 0.208 e. The van der Waals surface area contributed by atoms with E-state index in [2.05, 4.69) is 194 Å². The van der Waals surface area contributed by atoms with Crippen LogP contribution in [0.15, 0.2) is 212 Å². The predicted molar refractivity (Wildman–Crippen MR) is 223 cm³/mol. The van der Waals surface area contributed by atoms with Gasteiger partial charge in [-0.2, -0.15) is 0 Å². The normalized spacial score (nSPS) is 11.0. The van der Waals surface area contributed by atoms with E-state index in [-0.39, 0.29) is 0 Å². The summed E-state index contributed by atoms with van der Waals surface area (Å²) in [5.74, 6) is 1.89. The molecule has 0 unspecified atom stereocenters. The Hall–Kier alpha value is -7.23. The van der Waals surface area contributed by atoms with Crippen molar-refractivity contribution in [1.82, 2.24) is 15.0 Å². The van der Waals surface area contributed by atoms with E-state index in [1.54, 1.807) is 0 Å². The molecule has 0 bridgehead atoms. The smallest absolute Gasteiger partial charge is 0.164 e. The van der Waals surface area contributed by atoms with Crippen LogP contribution in [0.25, 0.3) is 89.8 Å². The highest BCUT2D eigenvalue weighted by molar-refractivity contribution is 5.78. The summed E-state index contributed by atoms with van der Waals surface area (Å²) >= 11 is 0. The molecule has 3 heteroatoms. The van der Waals surface area contributed by atoms with Gasteiger partial charge in [0, 0.05) is 16.7 Å². The molecule has 0 fully saturated rings. The van der Waals surface area contributed by atoms with Crippen LogP contribution in [0.5, 0.6) is 0 Å². The average Bonchev–Trinajstić information content (AvgIpc) is 3.27. The van der Waals surface area contributed by atoms with Gasteiger partial charge in [-0.1, -0.05) is 194 Å². The number of aromatic nitrogens is 3. The van der Waals surface area contributed by atoms with E-state index in [9.17, 15) is 0 Å². The van der Waals surface area contributed by atoms with Crippen molar-refractivity contribution in [1.29, 1.82) is 0 Å². The fourth-order valence-electron chi connectivity index (χ4n) is 6.87.